The van der Waals surface area contributed by atoms with Crippen LogP contribution in [0.3, 0.4) is 0 Å². The topological polar surface area (TPSA) is 71.0 Å². The van der Waals surface area contributed by atoms with Gasteiger partial charge < -0.3 is 10.2 Å². The molecule has 0 bridgehead atoms. The summed E-state index contributed by atoms with van der Waals surface area (Å²) in [6.07, 6.45) is 1.84. The van der Waals surface area contributed by atoms with Crippen LogP contribution in [0.5, 0.6) is 0 Å². The lowest BCUT2D eigenvalue weighted by Gasteiger charge is -2.40. The van der Waals surface area contributed by atoms with Gasteiger partial charge in [0.05, 0.1) is 16.7 Å². The predicted octanol–water partition coefficient (Wildman–Crippen LogP) is 2.50. The van der Waals surface area contributed by atoms with Crippen LogP contribution in [0.1, 0.15) is 41.6 Å². The van der Waals surface area contributed by atoms with Crippen molar-refractivity contribution in [3.8, 4) is 0 Å². The van der Waals surface area contributed by atoms with Crippen LogP contribution < -0.4 is 5.32 Å². The highest BCUT2D eigenvalue weighted by molar-refractivity contribution is 7.09. The third kappa shape index (κ3) is 3.67. The number of rotatable bonds is 5. The van der Waals surface area contributed by atoms with Crippen molar-refractivity contribution in [1.29, 1.82) is 0 Å². The van der Waals surface area contributed by atoms with Crippen molar-refractivity contribution in [2.75, 3.05) is 18.4 Å². The van der Waals surface area contributed by atoms with Crippen molar-refractivity contribution in [3.63, 3.8) is 0 Å². The molecule has 3 rings (SSSR count). The maximum Gasteiger partial charge on any atom is 0.220 e. The Morgan fingerprint density at radius 1 is 1.39 bits per heavy atom. The maximum absolute atomic E-state index is 11.6. The molecule has 0 aliphatic carbocycles. The number of likely N-dealkylation sites (tertiary alicyclic amines) is 1. The van der Waals surface area contributed by atoms with Gasteiger partial charge in [0, 0.05) is 43.6 Å². The van der Waals surface area contributed by atoms with Crippen LogP contribution in [0, 0.1) is 13.8 Å². The molecule has 6 nitrogen and oxygen atoms in total. The first-order valence-corrected chi connectivity index (χ1v) is 8.68. The van der Waals surface area contributed by atoms with Gasteiger partial charge in [-0.25, -0.2) is 15.0 Å². The van der Waals surface area contributed by atoms with Gasteiger partial charge in [0.25, 0.3) is 0 Å². The maximum atomic E-state index is 11.6. The summed E-state index contributed by atoms with van der Waals surface area (Å²) in [5, 5.41) is 6.54. The lowest BCUT2D eigenvalue weighted by Crippen LogP contribution is -2.44. The second-order valence-electron chi connectivity index (χ2n) is 5.80. The minimum Gasteiger partial charge on any atom is -0.370 e. The SMILES string of the molecule is CC(=O)N1CC[C@@H]1c1cc(NCCc2nc(C)cs2)nc(C)n1. The molecule has 0 aromatic carbocycles. The van der Waals surface area contributed by atoms with Gasteiger partial charge in [-0.05, 0) is 20.3 Å². The summed E-state index contributed by atoms with van der Waals surface area (Å²) in [6, 6.07) is 2.05. The van der Waals surface area contributed by atoms with E-state index in [9.17, 15) is 4.79 Å². The Kier molecular flexibility index (Phi) is 4.56. The second-order valence-corrected chi connectivity index (χ2v) is 6.74. The molecule has 1 fully saturated rings. The highest BCUT2D eigenvalue weighted by atomic mass is 32.1. The Bertz CT molecular complexity index is 714. The lowest BCUT2D eigenvalue weighted by atomic mass is 9.99. The van der Waals surface area contributed by atoms with Gasteiger partial charge in [-0.2, -0.15) is 0 Å². The lowest BCUT2D eigenvalue weighted by molar-refractivity contribution is -0.136. The largest absolute Gasteiger partial charge is 0.370 e. The van der Waals surface area contributed by atoms with Crippen LogP contribution in [0.4, 0.5) is 5.82 Å². The van der Waals surface area contributed by atoms with Crippen molar-refractivity contribution < 1.29 is 4.79 Å². The van der Waals surface area contributed by atoms with E-state index in [0.29, 0.717) is 0 Å². The molecule has 1 amide bonds. The molecule has 1 aliphatic heterocycles. The Morgan fingerprint density at radius 3 is 2.83 bits per heavy atom. The Hall–Kier alpha value is -2.02. The van der Waals surface area contributed by atoms with Gasteiger partial charge in [-0.15, -0.1) is 11.3 Å². The number of thiazole rings is 1. The van der Waals surface area contributed by atoms with E-state index in [2.05, 4.69) is 25.6 Å². The minimum atomic E-state index is 0.0939. The highest BCUT2D eigenvalue weighted by Gasteiger charge is 2.32. The van der Waals surface area contributed by atoms with Gasteiger partial charge in [0.15, 0.2) is 0 Å². The van der Waals surface area contributed by atoms with E-state index in [1.807, 2.05) is 24.8 Å². The Morgan fingerprint density at radius 2 is 2.22 bits per heavy atom. The van der Waals surface area contributed by atoms with Crippen molar-refractivity contribution in [2.24, 2.45) is 0 Å². The zero-order valence-corrected chi connectivity index (χ0v) is 14.5. The smallest absolute Gasteiger partial charge is 0.220 e. The number of nitrogens with zero attached hydrogens (tertiary/aromatic N) is 4. The fourth-order valence-corrected chi connectivity index (χ4v) is 3.51. The van der Waals surface area contributed by atoms with E-state index in [-0.39, 0.29) is 11.9 Å². The van der Waals surface area contributed by atoms with Crippen LogP contribution in [-0.4, -0.2) is 38.8 Å². The molecule has 122 valence electrons. The van der Waals surface area contributed by atoms with Gasteiger partial charge in [0.2, 0.25) is 5.91 Å². The molecule has 1 aliphatic rings. The Labute approximate surface area is 140 Å². The highest BCUT2D eigenvalue weighted by Crippen LogP contribution is 2.32. The average Bonchev–Trinajstić information content (AvgIpc) is 2.82. The van der Waals surface area contributed by atoms with Crippen molar-refractivity contribution >= 4 is 23.1 Å². The van der Waals surface area contributed by atoms with E-state index in [1.54, 1.807) is 18.3 Å². The summed E-state index contributed by atoms with van der Waals surface area (Å²) in [7, 11) is 0. The summed E-state index contributed by atoms with van der Waals surface area (Å²) in [5.41, 5.74) is 1.99. The standard InChI is InChI=1S/C16H21N5OS/c1-10-9-23-16(18-10)4-6-17-15-8-13(19-11(2)20-15)14-5-7-21(14)12(3)22/h8-9,14H,4-7H2,1-3H3,(H,17,19,20)/t14-/m1/s1. The van der Waals surface area contributed by atoms with Crippen LogP contribution in [-0.2, 0) is 11.2 Å². The van der Waals surface area contributed by atoms with E-state index in [0.717, 1.165) is 54.0 Å². The van der Waals surface area contributed by atoms with E-state index >= 15 is 0 Å². The summed E-state index contributed by atoms with van der Waals surface area (Å²) >= 11 is 1.68. The normalized spacial score (nSPS) is 17.0. The third-order valence-electron chi connectivity index (χ3n) is 3.93. The first-order valence-electron chi connectivity index (χ1n) is 7.80. The van der Waals surface area contributed by atoms with Gasteiger partial charge in [-0.3, -0.25) is 4.79 Å². The van der Waals surface area contributed by atoms with Gasteiger partial charge in [-0.1, -0.05) is 0 Å². The molecule has 0 saturated carbocycles. The second kappa shape index (κ2) is 6.62. The molecule has 0 unspecified atom stereocenters. The molecule has 1 saturated heterocycles. The molecule has 2 aromatic rings. The van der Waals surface area contributed by atoms with Crippen molar-refractivity contribution in [1.82, 2.24) is 19.9 Å². The molecular formula is C16H21N5OS. The van der Waals surface area contributed by atoms with E-state index in [1.165, 1.54) is 0 Å². The molecule has 7 heteroatoms. The van der Waals surface area contributed by atoms with E-state index in [4.69, 9.17) is 0 Å². The number of anilines is 1. The molecule has 23 heavy (non-hydrogen) atoms. The third-order valence-corrected chi connectivity index (χ3v) is 4.96. The van der Waals surface area contributed by atoms with Gasteiger partial charge in [0.1, 0.15) is 11.6 Å². The fourth-order valence-electron chi connectivity index (χ4n) is 2.74. The molecule has 2 aromatic heterocycles. The van der Waals surface area contributed by atoms with Crippen LogP contribution >= 0.6 is 11.3 Å². The summed E-state index contributed by atoms with van der Waals surface area (Å²) in [6.45, 7) is 7.09. The van der Waals surface area contributed by atoms with Crippen LogP contribution in [0.15, 0.2) is 11.4 Å². The average molecular weight is 331 g/mol. The fraction of sp³-hybridized carbons (Fsp3) is 0.500. The first kappa shape index (κ1) is 15.9. The molecule has 1 atom stereocenters. The number of hydrogen-bond acceptors (Lipinski definition) is 6. The van der Waals surface area contributed by atoms with E-state index < -0.39 is 0 Å². The Balaban J connectivity index is 1.64. The number of carbonyl (C=O) groups is 1. The molecule has 0 radical (unpaired) electrons. The van der Waals surface area contributed by atoms with Crippen LogP contribution in [0.2, 0.25) is 0 Å². The molecule has 1 N–H and O–H groups in total. The first-order chi connectivity index (χ1) is 11.0. The predicted molar refractivity (Wildman–Crippen MR) is 90.6 cm³/mol. The van der Waals surface area contributed by atoms with Crippen LogP contribution in [0.25, 0.3) is 0 Å². The van der Waals surface area contributed by atoms with Crippen molar-refractivity contribution in [2.45, 2.75) is 39.7 Å². The van der Waals surface area contributed by atoms with Crippen molar-refractivity contribution in [3.05, 3.63) is 33.7 Å². The molecule has 3 heterocycles. The number of aryl methyl sites for hydroxylation is 2. The number of amides is 1. The minimum absolute atomic E-state index is 0.0939. The summed E-state index contributed by atoms with van der Waals surface area (Å²) in [5.74, 6) is 1.65. The summed E-state index contributed by atoms with van der Waals surface area (Å²) < 4.78 is 0. The quantitative estimate of drug-likeness (QED) is 0.911. The van der Waals surface area contributed by atoms with Gasteiger partial charge >= 0.3 is 0 Å². The number of hydrogen-bond donors (Lipinski definition) is 1. The number of carbonyl (C=O) groups excluding carboxylic acids is 1. The zero-order valence-electron chi connectivity index (χ0n) is 13.7. The summed E-state index contributed by atoms with van der Waals surface area (Å²) in [4.78, 5) is 26.8. The monoisotopic (exact) mass is 331 g/mol. The molecule has 0 spiro atoms. The number of nitrogens with one attached hydrogen (secondary N) is 1. The number of aromatic nitrogens is 3. The molecular weight excluding hydrogens is 310 g/mol. The zero-order chi connectivity index (χ0) is 16.4.